The highest BCUT2D eigenvalue weighted by Gasteiger charge is 2.16. The Bertz CT molecular complexity index is 1070. The highest BCUT2D eigenvalue weighted by molar-refractivity contribution is 7.99. The molecule has 27 heavy (non-hydrogen) atoms. The number of thioether (sulfide) groups is 1. The van der Waals surface area contributed by atoms with E-state index in [9.17, 15) is 4.39 Å². The first-order valence-corrected chi connectivity index (χ1v) is 9.58. The summed E-state index contributed by atoms with van der Waals surface area (Å²) in [5.41, 5.74) is 2.18. The van der Waals surface area contributed by atoms with Gasteiger partial charge in [-0.15, -0.1) is 10.2 Å². The maximum Gasteiger partial charge on any atom is 0.210 e. The van der Waals surface area contributed by atoms with Crippen molar-refractivity contribution in [3.8, 4) is 0 Å². The zero-order chi connectivity index (χ0) is 18.8. The summed E-state index contributed by atoms with van der Waals surface area (Å²) in [6.45, 7) is 2.04. The average Bonchev–Trinajstić information content (AvgIpc) is 3.02. The van der Waals surface area contributed by atoms with E-state index in [-0.39, 0.29) is 11.1 Å². The Kier molecular flexibility index (Phi) is 4.81. The minimum absolute atomic E-state index is 0.0857. The molecule has 0 aliphatic heterocycles. The Labute approximate surface area is 161 Å². The second-order valence-electron chi connectivity index (χ2n) is 6.40. The fourth-order valence-corrected chi connectivity index (χ4v) is 4.00. The van der Waals surface area contributed by atoms with E-state index in [0.29, 0.717) is 17.4 Å². The van der Waals surface area contributed by atoms with E-state index < -0.39 is 0 Å². The summed E-state index contributed by atoms with van der Waals surface area (Å²) < 4.78 is 14.7. The van der Waals surface area contributed by atoms with Crippen LogP contribution in [0.25, 0.3) is 10.8 Å². The number of halogens is 1. The number of benzene rings is 3. The lowest BCUT2D eigenvalue weighted by Gasteiger charge is -2.11. The highest BCUT2D eigenvalue weighted by atomic mass is 32.2. The number of nitrogens with two attached hydrogens (primary N) is 1. The van der Waals surface area contributed by atoms with Gasteiger partial charge in [-0.3, -0.25) is 0 Å². The fraction of sp³-hybridized carbons (Fsp3) is 0.143. The average molecular weight is 378 g/mol. The van der Waals surface area contributed by atoms with Crippen LogP contribution in [-0.2, 0) is 6.42 Å². The number of hydrogen-bond donors (Lipinski definition) is 1. The van der Waals surface area contributed by atoms with Crippen molar-refractivity contribution in [2.75, 3.05) is 5.84 Å². The lowest BCUT2D eigenvalue weighted by Crippen LogP contribution is -2.14. The molecule has 1 aromatic heterocycles. The summed E-state index contributed by atoms with van der Waals surface area (Å²) in [6, 6.07) is 21.0. The minimum atomic E-state index is -0.240. The van der Waals surface area contributed by atoms with Crippen LogP contribution in [0.3, 0.4) is 0 Å². The molecule has 0 radical (unpaired) electrons. The van der Waals surface area contributed by atoms with Crippen LogP contribution >= 0.6 is 11.8 Å². The van der Waals surface area contributed by atoms with E-state index in [1.165, 1.54) is 34.7 Å². The molecule has 136 valence electrons. The van der Waals surface area contributed by atoms with Gasteiger partial charge in [-0.2, -0.15) is 0 Å². The molecule has 0 aliphatic carbocycles. The van der Waals surface area contributed by atoms with E-state index >= 15 is 0 Å². The molecule has 0 aliphatic rings. The Morgan fingerprint density at radius 1 is 1.00 bits per heavy atom. The van der Waals surface area contributed by atoms with E-state index in [0.717, 1.165) is 11.1 Å². The molecule has 6 heteroatoms. The largest absolute Gasteiger partial charge is 0.336 e. The normalized spacial score (nSPS) is 12.4. The van der Waals surface area contributed by atoms with Crippen LogP contribution in [0.5, 0.6) is 0 Å². The number of nitrogens with zero attached hydrogens (tertiary/aromatic N) is 3. The van der Waals surface area contributed by atoms with E-state index in [1.807, 2.05) is 25.1 Å². The van der Waals surface area contributed by atoms with E-state index in [1.54, 1.807) is 16.8 Å². The molecular weight excluding hydrogens is 359 g/mol. The Balaban J connectivity index is 1.56. The van der Waals surface area contributed by atoms with Gasteiger partial charge in [-0.05, 0) is 41.0 Å². The molecule has 0 saturated carbocycles. The van der Waals surface area contributed by atoms with Gasteiger partial charge in [0, 0.05) is 11.7 Å². The van der Waals surface area contributed by atoms with Crippen molar-refractivity contribution in [2.45, 2.75) is 23.8 Å². The van der Waals surface area contributed by atoms with Crippen LogP contribution in [0.4, 0.5) is 4.39 Å². The molecule has 2 N–H and O–H groups in total. The number of fused-ring (bicyclic) bond motifs is 1. The maximum atomic E-state index is 13.1. The molecular formula is C21H19FN4S. The quantitative estimate of drug-likeness (QED) is 0.403. The van der Waals surface area contributed by atoms with Gasteiger partial charge in [0.1, 0.15) is 5.82 Å². The molecule has 4 rings (SSSR count). The molecule has 1 heterocycles. The van der Waals surface area contributed by atoms with Crippen LogP contribution in [0.2, 0.25) is 0 Å². The Morgan fingerprint density at radius 3 is 2.56 bits per heavy atom. The number of aromatic nitrogens is 3. The summed E-state index contributed by atoms with van der Waals surface area (Å²) in [5, 5.41) is 11.6. The van der Waals surface area contributed by atoms with Crippen molar-refractivity contribution in [3.63, 3.8) is 0 Å². The third kappa shape index (κ3) is 3.66. The lowest BCUT2D eigenvalue weighted by molar-refractivity contribution is 0.627. The van der Waals surface area contributed by atoms with Gasteiger partial charge in [0.2, 0.25) is 5.16 Å². The van der Waals surface area contributed by atoms with E-state index in [4.69, 9.17) is 5.84 Å². The summed E-state index contributed by atoms with van der Waals surface area (Å²) in [7, 11) is 0. The van der Waals surface area contributed by atoms with Gasteiger partial charge in [-0.25, -0.2) is 9.07 Å². The number of nitrogen functional groups attached to an aromatic ring is 1. The third-order valence-corrected chi connectivity index (χ3v) is 5.70. The molecule has 4 nitrogen and oxygen atoms in total. The monoisotopic (exact) mass is 378 g/mol. The highest BCUT2D eigenvalue weighted by Crippen LogP contribution is 2.33. The molecule has 1 atom stereocenters. The van der Waals surface area contributed by atoms with Gasteiger partial charge in [-0.1, -0.05) is 66.4 Å². The molecule has 0 bridgehead atoms. The summed E-state index contributed by atoms with van der Waals surface area (Å²) in [6.07, 6.45) is 0.607. The molecule has 0 amide bonds. The summed E-state index contributed by atoms with van der Waals surface area (Å²) in [5.74, 6) is 6.72. The minimum Gasteiger partial charge on any atom is -0.336 e. The zero-order valence-corrected chi connectivity index (χ0v) is 15.7. The van der Waals surface area contributed by atoms with Gasteiger partial charge in [0.25, 0.3) is 0 Å². The van der Waals surface area contributed by atoms with Crippen LogP contribution in [0.15, 0.2) is 71.9 Å². The first kappa shape index (κ1) is 17.5. The predicted octanol–water partition coefficient (Wildman–Crippen LogP) is 4.73. The number of hydrogen-bond acceptors (Lipinski definition) is 4. The SMILES string of the molecule is C[C@@H](Sc1nnc(Cc2cccc3ccccc23)n1N)c1ccc(F)cc1. The van der Waals surface area contributed by atoms with Crippen LogP contribution in [0, 0.1) is 5.82 Å². The second-order valence-corrected chi connectivity index (χ2v) is 7.70. The van der Waals surface area contributed by atoms with Crippen LogP contribution in [0.1, 0.15) is 29.1 Å². The molecule has 4 aromatic rings. The lowest BCUT2D eigenvalue weighted by atomic mass is 10.0. The first-order chi connectivity index (χ1) is 13.1. The predicted molar refractivity (Wildman–Crippen MR) is 108 cm³/mol. The zero-order valence-electron chi connectivity index (χ0n) is 14.8. The summed E-state index contributed by atoms with van der Waals surface area (Å²) in [4.78, 5) is 0. The van der Waals surface area contributed by atoms with Crippen LogP contribution < -0.4 is 5.84 Å². The van der Waals surface area contributed by atoms with Crippen molar-refractivity contribution < 1.29 is 4.39 Å². The van der Waals surface area contributed by atoms with Gasteiger partial charge >= 0.3 is 0 Å². The van der Waals surface area contributed by atoms with Gasteiger partial charge in [0.15, 0.2) is 5.82 Å². The van der Waals surface area contributed by atoms with Crippen molar-refractivity contribution in [2.24, 2.45) is 0 Å². The third-order valence-electron chi connectivity index (χ3n) is 4.59. The molecule has 0 unspecified atom stereocenters. The standard InChI is InChI=1S/C21H19FN4S/c1-14(15-9-11-18(22)12-10-15)27-21-25-24-20(26(21)23)13-17-7-4-6-16-5-2-3-8-19(16)17/h2-12,14H,13,23H2,1H3/t14-/m1/s1. The molecule has 0 fully saturated rings. The summed E-state index contributed by atoms with van der Waals surface area (Å²) >= 11 is 1.51. The molecule has 0 saturated heterocycles. The second kappa shape index (κ2) is 7.40. The fourth-order valence-electron chi connectivity index (χ4n) is 3.09. The van der Waals surface area contributed by atoms with Crippen LogP contribution in [-0.4, -0.2) is 14.9 Å². The Morgan fingerprint density at radius 2 is 1.74 bits per heavy atom. The maximum absolute atomic E-state index is 13.1. The molecule has 3 aromatic carbocycles. The van der Waals surface area contributed by atoms with Gasteiger partial charge < -0.3 is 5.84 Å². The van der Waals surface area contributed by atoms with Crippen molar-refractivity contribution in [1.82, 2.24) is 14.9 Å². The van der Waals surface area contributed by atoms with Crippen molar-refractivity contribution in [3.05, 3.63) is 89.5 Å². The first-order valence-electron chi connectivity index (χ1n) is 8.70. The van der Waals surface area contributed by atoms with Crippen molar-refractivity contribution in [1.29, 1.82) is 0 Å². The topological polar surface area (TPSA) is 56.7 Å². The van der Waals surface area contributed by atoms with E-state index in [2.05, 4.69) is 34.5 Å². The van der Waals surface area contributed by atoms with Crippen molar-refractivity contribution >= 4 is 22.5 Å². The van der Waals surface area contributed by atoms with Gasteiger partial charge in [0.05, 0.1) is 0 Å². The molecule has 0 spiro atoms. The Hall–Kier alpha value is -2.86. The number of rotatable bonds is 5. The smallest absolute Gasteiger partial charge is 0.210 e.